The summed E-state index contributed by atoms with van der Waals surface area (Å²) in [6.45, 7) is 3.74. The van der Waals surface area contributed by atoms with Gasteiger partial charge in [-0.15, -0.1) is 29.1 Å². The van der Waals surface area contributed by atoms with Crippen LogP contribution in [0.1, 0.15) is 18.3 Å². The van der Waals surface area contributed by atoms with Gasteiger partial charge in [0.15, 0.2) is 11.7 Å². The van der Waals surface area contributed by atoms with E-state index in [0.717, 1.165) is 29.4 Å². The van der Waals surface area contributed by atoms with Gasteiger partial charge in [0.25, 0.3) is 0 Å². The van der Waals surface area contributed by atoms with Crippen molar-refractivity contribution in [2.45, 2.75) is 19.9 Å². The van der Waals surface area contributed by atoms with Gasteiger partial charge in [-0.3, -0.25) is 5.10 Å². The summed E-state index contributed by atoms with van der Waals surface area (Å²) in [7, 11) is 0. The highest BCUT2D eigenvalue weighted by Gasteiger charge is 2.09. The molecule has 1 aromatic carbocycles. The van der Waals surface area contributed by atoms with Gasteiger partial charge in [-0.2, -0.15) is 0 Å². The average Bonchev–Trinajstić information content (AvgIpc) is 3.47. The number of nitrogens with one attached hydrogen (secondary N) is 4. The van der Waals surface area contributed by atoms with Crippen LogP contribution in [0.2, 0.25) is 0 Å². The summed E-state index contributed by atoms with van der Waals surface area (Å²) in [5.74, 6) is 2.19. The van der Waals surface area contributed by atoms with Gasteiger partial charge in [-0.05, 0) is 49.2 Å². The molecular weight excluding hydrogens is 500 g/mol. The lowest BCUT2D eigenvalue weighted by molar-refractivity contribution is 0.577. The van der Waals surface area contributed by atoms with Crippen molar-refractivity contribution < 1.29 is 8.81 Å². The smallest absolute Gasteiger partial charge is 0.216 e. The van der Waals surface area contributed by atoms with Crippen molar-refractivity contribution in [1.29, 1.82) is 0 Å². The van der Waals surface area contributed by atoms with Crippen molar-refractivity contribution in [3.05, 3.63) is 60.0 Å². The standard InChI is InChI=1S/C20H22FN7O.HI/c1-2-22-20(25-12-18-26-19(28-27-18)17-4-3-9-29-17)23-8-7-13-11-24-16-6-5-14(21)10-15(13)16;/h3-6,9-11,24H,2,7-8,12H2,1H3,(H2,22,23,25)(H,26,27,28);1H. The van der Waals surface area contributed by atoms with Crippen molar-refractivity contribution in [3.63, 3.8) is 0 Å². The van der Waals surface area contributed by atoms with Gasteiger partial charge in [0.2, 0.25) is 5.82 Å². The van der Waals surface area contributed by atoms with Gasteiger partial charge in [-0.25, -0.2) is 14.4 Å². The predicted molar refractivity (Wildman–Crippen MR) is 124 cm³/mol. The zero-order chi connectivity index (χ0) is 20.1. The maximum absolute atomic E-state index is 13.5. The molecule has 0 atom stereocenters. The first-order chi connectivity index (χ1) is 14.2. The van der Waals surface area contributed by atoms with Crippen molar-refractivity contribution in [3.8, 4) is 11.6 Å². The molecule has 8 nitrogen and oxygen atoms in total. The van der Waals surface area contributed by atoms with Crippen LogP contribution < -0.4 is 10.6 Å². The van der Waals surface area contributed by atoms with Crippen LogP contribution in [-0.2, 0) is 13.0 Å². The Kier molecular flexibility index (Phi) is 7.44. The number of aromatic amines is 2. The number of guanidine groups is 1. The lowest BCUT2D eigenvalue weighted by Gasteiger charge is -2.10. The molecule has 4 rings (SSSR count). The molecule has 0 aliphatic rings. The fourth-order valence-corrected chi connectivity index (χ4v) is 3.05. The molecule has 0 unspecified atom stereocenters. The zero-order valence-corrected chi connectivity index (χ0v) is 18.7. The summed E-state index contributed by atoms with van der Waals surface area (Å²) >= 11 is 0. The van der Waals surface area contributed by atoms with E-state index >= 15 is 0 Å². The zero-order valence-electron chi connectivity index (χ0n) is 16.4. The Morgan fingerprint density at radius 2 is 2.17 bits per heavy atom. The van der Waals surface area contributed by atoms with Crippen LogP contribution in [0.3, 0.4) is 0 Å². The third kappa shape index (κ3) is 5.17. The summed E-state index contributed by atoms with van der Waals surface area (Å²) < 4.78 is 18.8. The van der Waals surface area contributed by atoms with E-state index in [1.807, 2.05) is 13.1 Å². The summed E-state index contributed by atoms with van der Waals surface area (Å²) in [4.78, 5) is 12.1. The van der Waals surface area contributed by atoms with Crippen LogP contribution in [-0.4, -0.2) is 39.2 Å². The predicted octanol–water partition coefficient (Wildman–Crippen LogP) is 3.60. The van der Waals surface area contributed by atoms with E-state index in [1.54, 1.807) is 30.5 Å². The monoisotopic (exact) mass is 523 g/mol. The maximum atomic E-state index is 13.5. The third-order valence-corrected chi connectivity index (χ3v) is 4.42. The van der Waals surface area contributed by atoms with Gasteiger partial charge in [-0.1, -0.05) is 0 Å². The molecule has 0 aliphatic heterocycles. The number of furan rings is 1. The van der Waals surface area contributed by atoms with Crippen molar-refractivity contribution in [2.75, 3.05) is 13.1 Å². The van der Waals surface area contributed by atoms with E-state index in [2.05, 4.69) is 35.8 Å². The maximum Gasteiger partial charge on any atom is 0.216 e. The van der Waals surface area contributed by atoms with Gasteiger partial charge >= 0.3 is 0 Å². The second kappa shape index (κ2) is 10.2. The van der Waals surface area contributed by atoms with Gasteiger partial charge in [0, 0.05) is 30.2 Å². The number of rotatable bonds is 7. The molecule has 4 N–H and O–H groups in total. The van der Waals surface area contributed by atoms with Crippen LogP contribution in [0.25, 0.3) is 22.5 Å². The molecule has 10 heteroatoms. The quantitative estimate of drug-likeness (QED) is 0.168. The van der Waals surface area contributed by atoms with Crippen LogP contribution >= 0.6 is 24.0 Å². The lowest BCUT2D eigenvalue weighted by atomic mass is 10.1. The molecule has 30 heavy (non-hydrogen) atoms. The molecule has 0 amide bonds. The second-order valence-corrected chi connectivity index (χ2v) is 6.46. The highest BCUT2D eigenvalue weighted by atomic mass is 127. The normalized spacial score (nSPS) is 11.5. The fraction of sp³-hybridized carbons (Fsp3) is 0.250. The Bertz CT molecular complexity index is 1100. The third-order valence-electron chi connectivity index (χ3n) is 4.42. The van der Waals surface area contributed by atoms with E-state index in [9.17, 15) is 4.39 Å². The van der Waals surface area contributed by atoms with Crippen molar-refractivity contribution in [2.24, 2.45) is 4.99 Å². The summed E-state index contributed by atoms with van der Waals surface area (Å²) in [5.41, 5.74) is 1.99. The molecule has 3 heterocycles. The van der Waals surface area contributed by atoms with Gasteiger partial charge in [0.1, 0.15) is 18.2 Å². The topological polar surface area (TPSA) is 107 Å². The first-order valence-electron chi connectivity index (χ1n) is 9.46. The molecule has 0 bridgehead atoms. The number of fused-ring (bicyclic) bond motifs is 1. The van der Waals surface area contributed by atoms with Crippen LogP contribution in [0.15, 0.2) is 52.2 Å². The lowest BCUT2D eigenvalue weighted by Crippen LogP contribution is -2.38. The highest BCUT2D eigenvalue weighted by Crippen LogP contribution is 2.19. The first kappa shape index (κ1) is 21.8. The van der Waals surface area contributed by atoms with Crippen LogP contribution in [0, 0.1) is 5.82 Å². The number of halogens is 2. The minimum Gasteiger partial charge on any atom is -0.461 e. The minimum absolute atomic E-state index is 0. The highest BCUT2D eigenvalue weighted by molar-refractivity contribution is 14.0. The average molecular weight is 523 g/mol. The Balaban J connectivity index is 0.00000256. The molecule has 4 aromatic rings. The van der Waals surface area contributed by atoms with Gasteiger partial charge in [0.05, 0.1) is 6.26 Å². The number of H-pyrrole nitrogens is 2. The minimum atomic E-state index is -0.234. The van der Waals surface area contributed by atoms with E-state index < -0.39 is 0 Å². The Morgan fingerprint density at radius 3 is 2.97 bits per heavy atom. The molecule has 0 fully saturated rings. The fourth-order valence-electron chi connectivity index (χ4n) is 3.05. The summed E-state index contributed by atoms with van der Waals surface area (Å²) in [6, 6.07) is 8.36. The van der Waals surface area contributed by atoms with Crippen molar-refractivity contribution in [1.82, 2.24) is 30.8 Å². The second-order valence-electron chi connectivity index (χ2n) is 6.46. The molecule has 158 valence electrons. The number of aliphatic imine (C=N–C) groups is 1. The molecule has 0 aliphatic carbocycles. The number of hydrogen-bond acceptors (Lipinski definition) is 4. The molecule has 0 saturated heterocycles. The number of nitrogens with zero attached hydrogens (tertiary/aromatic N) is 3. The number of benzene rings is 1. The van der Waals surface area contributed by atoms with Crippen LogP contribution in [0.5, 0.6) is 0 Å². The van der Waals surface area contributed by atoms with Gasteiger partial charge < -0.3 is 20.0 Å². The SMILES string of the molecule is CCNC(=NCc1nc(-c2ccco2)n[nH]1)NCCc1c[nH]c2ccc(F)cc12.I. The summed E-state index contributed by atoms with van der Waals surface area (Å²) in [5, 5.41) is 14.4. The Hall–Kier alpha value is -2.89. The first-order valence-corrected chi connectivity index (χ1v) is 9.46. The molecular formula is C20H23FIN7O. The number of aromatic nitrogens is 4. The van der Waals surface area contributed by atoms with Crippen LogP contribution in [0.4, 0.5) is 4.39 Å². The molecule has 0 saturated carbocycles. The van der Waals surface area contributed by atoms with E-state index in [-0.39, 0.29) is 29.8 Å². The van der Waals surface area contributed by atoms with E-state index in [1.165, 1.54) is 6.07 Å². The molecule has 0 radical (unpaired) electrons. The molecule has 0 spiro atoms. The molecule has 3 aromatic heterocycles. The Labute approximate surface area is 189 Å². The summed E-state index contributed by atoms with van der Waals surface area (Å²) in [6.07, 6.45) is 4.23. The number of hydrogen-bond donors (Lipinski definition) is 4. The largest absolute Gasteiger partial charge is 0.461 e. The van der Waals surface area contributed by atoms with E-state index in [4.69, 9.17) is 4.42 Å². The van der Waals surface area contributed by atoms with E-state index in [0.29, 0.717) is 36.5 Å². The Morgan fingerprint density at radius 1 is 1.27 bits per heavy atom. The van der Waals surface area contributed by atoms with Crippen molar-refractivity contribution >= 4 is 40.8 Å².